The van der Waals surface area contributed by atoms with Crippen LogP contribution in [0, 0.1) is 0 Å². The standard InChI is InChI=1S/C13H23NO3/c1-3-10-17-13(16)8-7-11(4-2)14-9-5-6-12(14)15/h11H,3-10H2,1-2H3. The van der Waals surface area contributed by atoms with Gasteiger partial charge in [0.15, 0.2) is 0 Å². The van der Waals surface area contributed by atoms with E-state index in [4.69, 9.17) is 4.74 Å². The summed E-state index contributed by atoms with van der Waals surface area (Å²) in [5, 5.41) is 0. The minimum Gasteiger partial charge on any atom is -0.466 e. The number of rotatable bonds is 7. The Bertz CT molecular complexity index is 265. The number of hydrogen-bond acceptors (Lipinski definition) is 3. The molecule has 1 rings (SSSR count). The van der Waals surface area contributed by atoms with Gasteiger partial charge in [0.05, 0.1) is 6.61 Å². The van der Waals surface area contributed by atoms with Crippen molar-refractivity contribution in [1.82, 2.24) is 4.90 Å². The molecule has 1 amide bonds. The summed E-state index contributed by atoms with van der Waals surface area (Å²) in [6.07, 6.45) is 4.53. The van der Waals surface area contributed by atoms with Crippen LogP contribution in [0.15, 0.2) is 0 Å². The molecule has 0 aromatic heterocycles. The molecule has 4 heteroatoms. The minimum absolute atomic E-state index is 0.142. The Labute approximate surface area is 103 Å². The van der Waals surface area contributed by atoms with Crippen LogP contribution >= 0.6 is 0 Å². The number of carbonyl (C=O) groups excluding carboxylic acids is 2. The van der Waals surface area contributed by atoms with Crippen LogP contribution in [0.25, 0.3) is 0 Å². The number of amides is 1. The summed E-state index contributed by atoms with van der Waals surface area (Å²) in [5.41, 5.74) is 0. The van der Waals surface area contributed by atoms with Gasteiger partial charge in [-0.25, -0.2) is 0 Å². The van der Waals surface area contributed by atoms with Crippen molar-refractivity contribution in [3.8, 4) is 0 Å². The summed E-state index contributed by atoms with van der Waals surface area (Å²) in [6.45, 7) is 5.39. The Hall–Kier alpha value is -1.06. The van der Waals surface area contributed by atoms with Gasteiger partial charge in [0.25, 0.3) is 0 Å². The molecule has 1 atom stereocenters. The summed E-state index contributed by atoms with van der Waals surface area (Å²) in [4.78, 5) is 24.9. The van der Waals surface area contributed by atoms with Crippen molar-refractivity contribution < 1.29 is 14.3 Å². The van der Waals surface area contributed by atoms with Crippen LogP contribution in [0.1, 0.15) is 52.4 Å². The van der Waals surface area contributed by atoms with Crippen LogP contribution in [-0.4, -0.2) is 36.0 Å². The highest BCUT2D eigenvalue weighted by molar-refractivity contribution is 5.78. The molecule has 0 aromatic carbocycles. The molecule has 0 radical (unpaired) electrons. The van der Waals surface area contributed by atoms with Crippen molar-refractivity contribution in [3.05, 3.63) is 0 Å². The maximum absolute atomic E-state index is 11.6. The Balaban J connectivity index is 2.31. The van der Waals surface area contributed by atoms with E-state index in [1.807, 2.05) is 11.8 Å². The van der Waals surface area contributed by atoms with Gasteiger partial charge in [0.2, 0.25) is 5.91 Å². The Morgan fingerprint density at radius 2 is 2.24 bits per heavy atom. The monoisotopic (exact) mass is 241 g/mol. The first-order valence-corrected chi connectivity index (χ1v) is 6.64. The fourth-order valence-corrected chi connectivity index (χ4v) is 2.21. The zero-order valence-electron chi connectivity index (χ0n) is 10.9. The van der Waals surface area contributed by atoms with Crippen molar-refractivity contribution in [2.75, 3.05) is 13.2 Å². The average molecular weight is 241 g/mol. The summed E-state index contributed by atoms with van der Waals surface area (Å²) in [7, 11) is 0. The lowest BCUT2D eigenvalue weighted by Gasteiger charge is -2.26. The summed E-state index contributed by atoms with van der Waals surface area (Å²) >= 11 is 0. The smallest absolute Gasteiger partial charge is 0.305 e. The number of likely N-dealkylation sites (tertiary alicyclic amines) is 1. The lowest BCUT2D eigenvalue weighted by Crippen LogP contribution is -2.36. The maximum atomic E-state index is 11.6. The molecule has 1 aliphatic rings. The van der Waals surface area contributed by atoms with Crippen LogP contribution in [0.3, 0.4) is 0 Å². The van der Waals surface area contributed by atoms with E-state index in [0.717, 1.165) is 32.2 Å². The van der Waals surface area contributed by atoms with E-state index in [1.54, 1.807) is 0 Å². The molecule has 0 aromatic rings. The normalized spacial score (nSPS) is 17.3. The SMILES string of the molecule is CCCOC(=O)CCC(CC)N1CCCC1=O. The zero-order chi connectivity index (χ0) is 12.7. The van der Waals surface area contributed by atoms with Gasteiger partial charge in [-0.1, -0.05) is 13.8 Å². The first-order valence-electron chi connectivity index (χ1n) is 6.64. The molecular weight excluding hydrogens is 218 g/mol. The predicted molar refractivity (Wildman–Crippen MR) is 65.5 cm³/mol. The van der Waals surface area contributed by atoms with Crippen LogP contribution in [0.5, 0.6) is 0 Å². The molecule has 0 saturated carbocycles. The first kappa shape index (κ1) is 14.0. The van der Waals surface area contributed by atoms with Crippen LogP contribution < -0.4 is 0 Å². The number of esters is 1. The number of ether oxygens (including phenoxy) is 1. The number of carbonyl (C=O) groups is 2. The molecule has 0 spiro atoms. The van der Waals surface area contributed by atoms with Crippen LogP contribution in [0.4, 0.5) is 0 Å². The predicted octanol–water partition coefficient (Wildman–Crippen LogP) is 2.12. The molecule has 17 heavy (non-hydrogen) atoms. The number of nitrogens with zero attached hydrogens (tertiary/aromatic N) is 1. The highest BCUT2D eigenvalue weighted by Gasteiger charge is 2.26. The third-order valence-corrected chi connectivity index (χ3v) is 3.17. The van der Waals surface area contributed by atoms with E-state index in [0.29, 0.717) is 19.4 Å². The minimum atomic E-state index is -0.142. The van der Waals surface area contributed by atoms with Gasteiger partial charge in [0.1, 0.15) is 0 Å². The van der Waals surface area contributed by atoms with E-state index >= 15 is 0 Å². The lowest BCUT2D eigenvalue weighted by molar-refractivity contribution is -0.144. The molecule has 1 heterocycles. The molecule has 98 valence electrons. The Kier molecular flexibility index (Phi) is 6.01. The fraction of sp³-hybridized carbons (Fsp3) is 0.846. The highest BCUT2D eigenvalue weighted by Crippen LogP contribution is 2.19. The quantitative estimate of drug-likeness (QED) is 0.641. The second-order valence-corrected chi connectivity index (χ2v) is 4.51. The highest BCUT2D eigenvalue weighted by atomic mass is 16.5. The Morgan fingerprint density at radius 1 is 1.47 bits per heavy atom. The van der Waals surface area contributed by atoms with Crippen molar-refractivity contribution in [2.24, 2.45) is 0 Å². The van der Waals surface area contributed by atoms with Crippen molar-refractivity contribution in [1.29, 1.82) is 0 Å². The molecule has 0 bridgehead atoms. The van der Waals surface area contributed by atoms with E-state index in [1.165, 1.54) is 0 Å². The second-order valence-electron chi connectivity index (χ2n) is 4.51. The van der Waals surface area contributed by atoms with Gasteiger partial charge in [0, 0.05) is 25.4 Å². The molecule has 1 fully saturated rings. The molecule has 1 aliphatic heterocycles. The summed E-state index contributed by atoms with van der Waals surface area (Å²) in [5.74, 6) is 0.0933. The van der Waals surface area contributed by atoms with Gasteiger partial charge in [-0.15, -0.1) is 0 Å². The zero-order valence-corrected chi connectivity index (χ0v) is 10.9. The van der Waals surface area contributed by atoms with Gasteiger partial charge >= 0.3 is 5.97 Å². The molecule has 4 nitrogen and oxygen atoms in total. The average Bonchev–Trinajstić information content (AvgIpc) is 2.74. The summed E-state index contributed by atoms with van der Waals surface area (Å²) < 4.78 is 5.03. The van der Waals surface area contributed by atoms with E-state index in [-0.39, 0.29) is 17.9 Å². The van der Waals surface area contributed by atoms with E-state index in [2.05, 4.69) is 6.92 Å². The lowest BCUT2D eigenvalue weighted by atomic mass is 10.1. The molecule has 1 unspecified atom stereocenters. The topological polar surface area (TPSA) is 46.6 Å². The second kappa shape index (κ2) is 7.30. The molecular formula is C13H23NO3. The van der Waals surface area contributed by atoms with Gasteiger partial charge in [-0.2, -0.15) is 0 Å². The third-order valence-electron chi connectivity index (χ3n) is 3.17. The van der Waals surface area contributed by atoms with Crippen molar-refractivity contribution >= 4 is 11.9 Å². The molecule has 0 N–H and O–H groups in total. The molecule has 0 aliphatic carbocycles. The van der Waals surface area contributed by atoms with Crippen molar-refractivity contribution in [3.63, 3.8) is 0 Å². The maximum Gasteiger partial charge on any atom is 0.305 e. The van der Waals surface area contributed by atoms with Crippen LogP contribution in [-0.2, 0) is 14.3 Å². The summed E-state index contributed by atoms with van der Waals surface area (Å²) in [6, 6.07) is 0.208. The van der Waals surface area contributed by atoms with E-state index < -0.39 is 0 Å². The van der Waals surface area contributed by atoms with Gasteiger partial charge < -0.3 is 9.64 Å². The third kappa shape index (κ3) is 4.36. The first-order chi connectivity index (χ1) is 8.19. The van der Waals surface area contributed by atoms with Gasteiger partial charge in [-0.05, 0) is 25.7 Å². The molecule has 1 saturated heterocycles. The van der Waals surface area contributed by atoms with Gasteiger partial charge in [-0.3, -0.25) is 9.59 Å². The fourth-order valence-electron chi connectivity index (χ4n) is 2.21. The number of hydrogen-bond donors (Lipinski definition) is 0. The van der Waals surface area contributed by atoms with E-state index in [9.17, 15) is 9.59 Å². The largest absolute Gasteiger partial charge is 0.466 e. The Morgan fingerprint density at radius 3 is 2.76 bits per heavy atom. The van der Waals surface area contributed by atoms with Crippen molar-refractivity contribution in [2.45, 2.75) is 58.4 Å². The van der Waals surface area contributed by atoms with Crippen LogP contribution in [0.2, 0.25) is 0 Å².